The second-order valence-corrected chi connectivity index (χ2v) is 3.07. The standard InChI is InChI=1S/C7H14O2.C3H6O2/c1-6(2)4-5-9-7(3)8;1-2-5-3-4/h6H,4-5H2,1-3H3;3H,2H2,1H3. The number of carbonyl (C=O) groups excluding carboxylic acids is 2. The van der Waals surface area contributed by atoms with Gasteiger partial charge in [-0.3, -0.25) is 9.59 Å². The van der Waals surface area contributed by atoms with Crippen molar-refractivity contribution in [1.29, 1.82) is 0 Å². The van der Waals surface area contributed by atoms with Crippen LogP contribution in [-0.4, -0.2) is 25.7 Å². The van der Waals surface area contributed by atoms with E-state index < -0.39 is 0 Å². The summed E-state index contributed by atoms with van der Waals surface area (Å²) in [6.45, 7) is 8.86. The Labute approximate surface area is 85.6 Å². The lowest BCUT2D eigenvalue weighted by atomic mass is 10.1. The number of ether oxygens (including phenoxy) is 2. The Morgan fingerprint density at radius 3 is 2.21 bits per heavy atom. The van der Waals surface area contributed by atoms with E-state index >= 15 is 0 Å². The van der Waals surface area contributed by atoms with E-state index in [1.165, 1.54) is 6.92 Å². The van der Waals surface area contributed by atoms with Crippen LogP contribution >= 0.6 is 0 Å². The van der Waals surface area contributed by atoms with Gasteiger partial charge in [-0.15, -0.1) is 0 Å². The van der Waals surface area contributed by atoms with Gasteiger partial charge in [0.15, 0.2) is 0 Å². The fourth-order valence-corrected chi connectivity index (χ4v) is 0.506. The molecule has 0 N–H and O–H groups in total. The van der Waals surface area contributed by atoms with Crippen LogP contribution in [-0.2, 0) is 19.1 Å². The molecule has 0 aromatic heterocycles. The van der Waals surface area contributed by atoms with E-state index in [2.05, 4.69) is 18.6 Å². The number of hydrogen-bond donors (Lipinski definition) is 0. The molecule has 0 bridgehead atoms. The third kappa shape index (κ3) is 22.4. The quantitative estimate of drug-likeness (QED) is 0.506. The van der Waals surface area contributed by atoms with Crippen molar-refractivity contribution in [2.75, 3.05) is 13.2 Å². The maximum atomic E-state index is 10.2. The van der Waals surface area contributed by atoms with E-state index in [-0.39, 0.29) is 5.97 Å². The fourth-order valence-electron chi connectivity index (χ4n) is 0.506. The molecule has 0 fully saturated rings. The summed E-state index contributed by atoms with van der Waals surface area (Å²) < 4.78 is 8.87. The van der Waals surface area contributed by atoms with Gasteiger partial charge in [-0.2, -0.15) is 0 Å². The summed E-state index contributed by atoms with van der Waals surface area (Å²) in [5.41, 5.74) is 0. The highest BCUT2D eigenvalue weighted by atomic mass is 16.5. The smallest absolute Gasteiger partial charge is 0.302 e. The molecule has 4 heteroatoms. The van der Waals surface area contributed by atoms with Gasteiger partial charge in [0.2, 0.25) is 0 Å². The summed E-state index contributed by atoms with van der Waals surface area (Å²) >= 11 is 0. The summed E-state index contributed by atoms with van der Waals surface area (Å²) in [7, 11) is 0. The van der Waals surface area contributed by atoms with Crippen LogP contribution in [0.5, 0.6) is 0 Å². The van der Waals surface area contributed by atoms with Crippen LogP contribution in [0.2, 0.25) is 0 Å². The van der Waals surface area contributed by atoms with Gasteiger partial charge in [0.1, 0.15) is 0 Å². The Kier molecular flexibility index (Phi) is 13.1. The lowest BCUT2D eigenvalue weighted by molar-refractivity contribution is -0.141. The molecule has 0 spiro atoms. The number of rotatable bonds is 5. The summed E-state index contributed by atoms with van der Waals surface area (Å²) in [6, 6.07) is 0. The van der Waals surface area contributed by atoms with Gasteiger partial charge in [0.25, 0.3) is 6.47 Å². The molecule has 0 heterocycles. The zero-order chi connectivity index (χ0) is 11.4. The monoisotopic (exact) mass is 204 g/mol. The molecule has 0 amide bonds. The van der Waals surface area contributed by atoms with Crippen molar-refractivity contribution in [2.45, 2.75) is 34.1 Å². The normalized spacial score (nSPS) is 8.64. The van der Waals surface area contributed by atoms with E-state index in [4.69, 9.17) is 4.74 Å². The minimum Gasteiger partial charge on any atom is -0.468 e. The molecule has 0 aromatic rings. The van der Waals surface area contributed by atoms with Crippen LogP contribution in [0, 0.1) is 5.92 Å². The fraction of sp³-hybridized carbons (Fsp3) is 0.800. The number of hydrogen-bond acceptors (Lipinski definition) is 4. The molecule has 0 rings (SSSR count). The molecule has 0 aliphatic rings. The second-order valence-electron chi connectivity index (χ2n) is 3.07. The molecule has 14 heavy (non-hydrogen) atoms. The van der Waals surface area contributed by atoms with Crippen molar-refractivity contribution in [1.82, 2.24) is 0 Å². The first-order valence-electron chi connectivity index (χ1n) is 4.73. The molecule has 84 valence electrons. The zero-order valence-electron chi connectivity index (χ0n) is 9.41. The van der Waals surface area contributed by atoms with Gasteiger partial charge in [-0.05, 0) is 19.3 Å². The van der Waals surface area contributed by atoms with Crippen LogP contribution in [0.4, 0.5) is 0 Å². The molecule has 0 saturated heterocycles. The molecule has 0 atom stereocenters. The summed E-state index contributed by atoms with van der Waals surface area (Å²) in [5.74, 6) is 0.431. The Morgan fingerprint density at radius 2 is 2.00 bits per heavy atom. The number of carbonyl (C=O) groups is 2. The largest absolute Gasteiger partial charge is 0.468 e. The first-order valence-corrected chi connectivity index (χ1v) is 4.73. The van der Waals surface area contributed by atoms with E-state index in [9.17, 15) is 9.59 Å². The van der Waals surface area contributed by atoms with Gasteiger partial charge in [-0.1, -0.05) is 13.8 Å². The van der Waals surface area contributed by atoms with Gasteiger partial charge >= 0.3 is 5.97 Å². The second kappa shape index (κ2) is 11.9. The Hall–Kier alpha value is -1.06. The van der Waals surface area contributed by atoms with E-state index in [1.807, 2.05) is 0 Å². The van der Waals surface area contributed by atoms with Crippen LogP contribution in [0.15, 0.2) is 0 Å². The highest BCUT2D eigenvalue weighted by molar-refractivity contribution is 5.65. The van der Waals surface area contributed by atoms with Crippen LogP contribution in [0.1, 0.15) is 34.1 Å². The van der Waals surface area contributed by atoms with Crippen molar-refractivity contribution >= 4 is 12.4 Å². The topological polar surface area (TPSA) is 52.6 Å². The predicted molar refractivity (Wildman–Crippen MR) is 53.8 cm³/mol. The van der Waals surface area contributed by atoms with E-state index in [1.54, 1.807) is 6.92 Å². The van der Waals surface area contributed by atoms with Gasteiger partial charge in [0.05, 0.1) is 13.2 Å². The summed E-state index contributed by atoms with van der Waals surface area (Å²) in [5, 5.41) is 0. The predicted octanol–water partition coefficient (Wildman–Crippen LogP) is 1.77. The van der Waals surface area contributed by atoms with Gasteiger partial charge in [0, 0.05) is 6.92 Å². The molecule has 0 unspecified atom stereocenters. The highest BCUT2D eigenvalue weighted by Gasteiger charge is 1.94. The molecule has 0 aliphatic heterocycles. The molecule has 0 radical (unpaired) electrons. The van der Waals surface area contributed by atoms with Crippen LogP contribution in [0.3, 0.4) is 0 Å². The molecular formula is C10H20O4. The average molecular weight is 204 g/mol. The summed E-state index contributed by atoms with van der Waals surface area (Å²) in [4.78, 5) is 19.4. The first-order chi connectivity index (χ1) is 6.54. The highest BCUT2D eigenvalue weighted by Crippen LogP contribution is 1.98. The summed E-state index contributed by atoms with van der Waals surface area (Å²) in [6.07, 6.45) is 0.958. The number of esters is 1. The minimum absolute atomic E-state index is 0.185. The molecular weight excluding hydrogens is 184 g/mol. The molecule has 0 aliphatic carbocycles. The van der Waals surface area contributed by atoms with Crippen molar-refractivity contribution in [3.05, 3.63) is 0 Å². The third-order valence-corrected chi connectivity index (χ3v) is 1.24. The Bertz CT molecular complexity index is 143. The van der Waals surface area contributed by atoms with Crippen molar-refractivity contribution in [3.63, 3.8) is 0 Å². The maximum Gasteiger partial charge on any atom is 0.302 e. The molecule has 0 saturated carbocycles. The molecule has 0 aromatic carbocycles. The minimum atomic E-state index is -0.185. The van der Waals surface area contributed by atoms with Crippen molar-refractivity contribution < 1.29 is 19.1 Å². The zero-order valence-corrected chi connectivity index (χ0v) is 9.41. The average Bonchev–Trinajstić information content (AvgIpc) is 2.05. The lowest BCUT2D eigenvalue weighted by Crippen LogP contribution is -2.02. The van der Waals surface area contributed by atoms with Gasteiger partial charge in [-0.25, -0.2) is 0 Å². The van der Waals surface area contributed by atoms with Gasteiger partial charge < -0.3 is 9.47 Å². The van der Waals surface area contributed by atoms with Crippen molar-refractivity contribution in [3.8, 4) is 0 Å². The molecule has 4 nitrogen and oxygen atoms in total. The SMILES string of the molecule is CC(=O)OCCC(C)C.CCOC=O. The van der Waals surface area contributed by atoms with E-state index in [0.29, 0.717) is 25.6 Å². The lowest BCUT2D eigenvalue weighted by Gasteiger charge is -2.02. The maximum absolute atomic E-state index is 10.2. The van der Waals surface area contributed by atoms with E-state index in [0.717, 1.165) is 6.42 Å². The Morgan fingerprint density at radius 1 is 1.43 bits per heavy atom. The van der Waals surface area contributed by atoms with Crippen LogP contribution in [0.25, 0.3) is 0 Å². The van der Waals surface area contributed by atoms with Crippen molar-refractivity contribution in [2.24, 2.45) is 5.92 Å². The third-order valence-electron chi connectivity index (χ3n) is 1.24. The first kappa shape index (κ1) is 15.4. The van der Waals surface area contributed by atoms with Crippen LogP contribution < -0.4 is 0 Å². The Balaban J connectivity index is 0.